The molecule has 2 N–H and O–H groups in total. The quantitative estimate of drug-likeness (QED) is 0.558. The third-order valence-electron chi connectivity index (χ3n) is 5.43. The Kier molecular flexibility index (Phi) is 7.23. The van der Waals surface area contributed by atoms with Crippen LogP contribution in [0.3, 0.4) is 0 Å². The first-order valence-corrected chi connectivity index (χ1v) is 11.3. The van der Waals surface area contributed by atoms with Gasteiger partial charge in [0.1, 0.15) is 29.3 Å². The van der Waals surface area contributed by atoms with Crippen LogP contribution >= 0.6 is 11.5 Å². The van der Waals surface area contributed by atoms with Gasteiger partial charge in [-0.3, -0.25) is 10.2 Å². The minimum Gasteiger partial charge on any atom is -0.493 e. The average molecular weight is 483 g/mol. The van der Waals surface area contributed by atoms with Crippen molar-refractivity contribution in [3.8, 4) is 11.6 Å². The van der Waals surface area contributed by atoms with Crippen molar-refractivity contribution in [3.05, 3.63) is 34.6 Å². The largest absolute Gasteiger partial charge is 0.493 e. The van der Waals surface area contributed by atoms with E-state index in [2.05, 4.69) is 15.0 Å². The number of fused-ring (bicyclic) bond motifs is 1. The Morgan fingerprint density at radius 2 is 2.24 bits per heavy atom. The summed E-state index contributed by atoms with van der Waals surface area (Å²) in [7, 11) is 1.19. The van der Waals surface area contributed by atoms with Gasteiger partial charge >= 0.3 is 12.0 Å². The molecule has 0 radical (unpaired) electrons. The number of anilines is 1. The van der Waals surface area contributed by atoms with Crippen LogP contribution in [-0.2, 0) is 17.8 Å². The molecule has 3 heterocycles. The van der Waals surface area contributed by atoms with E-state index in [-0.39, 0.29) is 28.6 Å². The lowest BCUT2D eigenvalue weighted by atomic mass is 10.1. The Balaban J connectivity index is 1.38. The molecule has 2 aliphatic rings. The number of carbonyl (C=O) groups is 2. The summed E-state index contributed by atoms with van der Waals surface area (Å²) in [4.78, 5) is 26.5. The van der Waals surface area contributed by atoms with Crippen LogP contribution in [0.2, 0.25) is 0 Å². The van der Waals surface area contributed by atoms with Crippen molar-refractivity contribution in [1.82, 2.24) is 14.6 Å². The van der Waals surface area contributed by atoms with Gasteiger partial charge in [0, 0.05) is 43.7 Å². The first-order valence-electron chi connectivity index (χ1n) is 10.5. The highest BCUT2D eigenvalue weighted by Gasteiger charge is 2.26. The number of urea groups is 1. The molecule has 9 nitrogen and oxygen atoms in total. The highest BCUT2D eigenvalue weighted by Crippen LogP contribution is 2.33. The molecule has 1 aromatic carbocycles. The van der Waals surface area contributed by atoms with E-state index < -0.39 is 24.0 Å². The fourth-order valence-corrected chi connectivity index (χ4v) is 4.42. The van der Waals surface area contributed by atoms with Crippen molar-refractivity contribution in [2.24, 2.45) is 0 Å². The van der Waals surface area contributed by atoms with E-state index in [9.17, 15) is 18.4 Å². The second-order valence-corrected chi connectivity index (χ2v) is 8.46. The maximum atomic E-state index is 14.4. The Morgan fingerprint density at radius 1 is 1.39 bits per heavy atom. The van der Waals surface area contributed by atoms with E-state index in [4.69, 9.17) is 14.2 Å². The summed E-state index contributed by atoms with van der Waals surface area (Å²) >= 11 is 0.840. The Morgan fingerprint density at radius 3 is 3.00 bits per heavy atom. The van der Waals surface area contributed by atoms with Gasteiger partial charge in [0.2, 0.25) is 5.88 Å². The van der Waals surface area contributed by atoms with E-state index in [1.54, 1.807) is 6.07 Å². The second kappa shape index (κ2) is 10.3. The minimum atomic E-state index is -0.824. The predicted octanol–water partition coefficient (Wildman–Crippen LogP) is 2.75. The number of nitrogens with one attached hydrogen (secondary N) is 2. The van der Waals surface area contributed by atoms with Crippen molar-refractivity contribution in [1.29, 1.82) is 0 Å². The number of rotatable bonds is 8. The third-order valence-corrected chi connectivity index (χ3v) is 6.17. The standard InChI is InChI=1S/C21H24F2N4O5S/c1-30-20(28)17-18(32-11-13-9-16-12(3-7-31-16)8-15(13)23)26-33-19(17)25-21(29)24-4-6-27-5-2-14(22)10-27/h8-9,14H,2-7,10-11H2,1H3,(H2,24,25,29)/t14-/m1/s1. The van der Waals surface area contributed by atoms with Crippen LogP contribution in [0, 0.1) is 5.82 Å². The van der Waals surface area contributed by atoms with Crippen LogP contribution in [0.15, 0.2) is 12.1 Å². The Hall–Kier alpha value is -2.99. The van der Waals surface area contributed by atoms with Crippen molar-refractivity contribution < 1.29 is 32.6 Å². The number of carbonyl (C=O) groups excluding carboxylic acids is 2. The first-order chi connectivity index (χ1) is 15.9. The van der Waals surface area contributed by atoms with Gasteiger partial charge in [0.05, 0.1) is 13.7 Å². The zero-order valence-corrected chi connectivity index (χ0v) is 18.8. The molecule has 1 saturated heterocycles. The summed E-state index contributed by atoms with van der Waals surface area (Å²) in [5.74, 6) is -0.660. The molecular formula is C21H24F2N4O5S. The number of aromatic nitrogens is 1. The van der Waals surface area contributed by atoms with Crippen molar-refractivity contribution >= 4 is 28.5 Å². The predicted molar refractivity (Wildman–Crippen MR) is 116 cm³/mol. The number of alkyl halides is 1. The van der Waals surface area contributed by atoms with E-state index >= 15 is 0 Å². The van der Waals surface area contributed by atoms with E-state index in [0.717, 1.165) is 17.1 Å². The summed E-state index contributed by atoms with van der Waals surface area (Å²) in [6.45, 7) is 2.17. The zero-order chi connectivity index (χ0) is 23.4. The summed E-state index contributed by atoms with van der Waals surface area (Å²) in [5.41, 5.74) is 0.992. The minimum absolute atomic E-state index is 0.0599. The van der Waals surface area contributed by atoms with Gasteiger partial charge in [0.25, 0.3) is 0 Å². The maximum Gasteiger partial charge on any atom is 0.346 e. The highest BCUT2D eigenvalue weighted by molar-refractivity contribution is 7.11. The Bertz CT molecular complexity index is 1030. The molecule has 2 aliphatic heterocycles. The lowest BCUT2D eigenvalue weighted by Gasteiger charge is -2.15. The van der Waals surface area contributed by atoms with Crippen LogP contribution < -0.4 is 20.1 Å². The van der Waals surface area contributed by atoms with E-state index in [1.807, 2.05) is 4.90 Å². The van der Waals surface area contributed by atoms with Crippen molar-refractivity contribution in [2.45, 2.75) is 25.6 Å². The van der Waals surface area contributed by atoms with Crippen LogP contribution in [0.5, 0.6) is 11.6 Å². The topological polar surface area (TPSA) is 102 Å². The molecule has 1 fully saturated rings. The molecule has 0 aliphatic carbocycles. The molecule has 33 heavy (non-hydrogen) atoms. The maximum absolute atomic E-state index is 14.4. The van der Waals surface area contributed by atoms with Crippen LogP contribution in [0.25, 0.3) is 0 Å². The van der Waals surface area contributed by atoms with Gasteiger partial charge < -0.3 is 19.5 Å². The van der Waals surface area contributed by atoms with Crippen LogP contribution in [-0.4, -0.2) is 67.3 Å². The van der Waals surface area contributed by atoms with Crippen LogP contribution in [0.1, 0.15) is 27.9 Å². The second-order valence-electron chi connectivity index (χ2n) is 7.69. The summed E-state index contributed by atoms with van der Waals surface area (Å²) in [6, 6.07) is 2.43. The average Bonchev–Trinajstić information content (AvgIpc) is 3.51. The molecule has 2 amide bonds. The molecular weight excluding hydrogens is 458 g/mol. The monoisotopic (exact) mass is 482 g/mol. The molecule has 0 bridgehead atoms. The lowest BCUT2D eigenvalue weighted by Crippen LogP contribution is -2.36. The Labute approximate surface area is 193 Å². The van der Waals surface area contributed by atoms with Crippen molar-refractivity contribution in [2.75, 3.05) is 45.2 Å². The van der Waals surface area contributed by atoms with Gasteiger partial charge in [-0.25, -0.2) is 18.4 Å². The van der Waals surface area contributed by atoms with Crippen molar-refractivity contribution in [3.63, 3.8) is 0 Å². The normalized spacial score (nSPS) is 17.4. The number of likely N-dealkylation sites (tertiary alicyclic amines) is 1. The van der Waals surface area contributed by atoms with Gasteiger partial charge in [-0.2, -0.15) is 4.37 Å². The lowest BCUT2D eigenvalue weighted by molar-refractivity contribution is 0.0596. The number of amides is 2. The number of nitrogens with zero attached hydrogens (tertiary/aromatic N) is 2. The van der Waals surface area contributed by atoms with E-state index in [0.29, 0.717) is 51.4 Å². The summed E-state index contributed by atoms with van der Waals surface area (Å²) in [5, 5.41) is 5.36. The third kappa shape index (κ3) is 5.50. The molecule has 178 valence electrons. The fourth-order valence-electron chi connectivity index (χ4n) is 3.70. The van der Waals surface area contributed by atoms with Gasteiger partial charge in [-0.15, -0.1) is 0 Å². The molecule has 1 atom stereocenters. The number of esters is 1. The first kappa shape index (κ1) is 23.2. The molecule has 0 saturated carbocycles. The number of methoxy groups -OCH3 is 1. The number of hydrogen-bond donors (Lipinski definition) is 2. The molecule has 2 aromatic rings. The molecule has 0 unspecified atom stereocenters. The molecule has 4 rings (SSSR count). The zero-order valence-electron chi connectivity index (χ0n) is 18.0. The fraction of sp³-hybridized carbons (Fsp3) is 0.476. The molecule has 1 aromatic heterocycles. The van der Waals surface area contributed by atoms with Gasteiger partial charge in [-0.1, -0.05) is 0 Å². The smallest absolute Gasteiger partial charge is 0.346 e. The number of ether oxygens (including phenoxy) is 3. The highest BCUT2D eigenvalue weighted by atomic mass is 32.1. The summed E-state index contributed by atoms with van der Waals surface area (Å²) in [6.07, 6.45) is 0.327. The summed E-state index contributed by atoms with van der Waals surface area (Å²) < 4.78 is 47.5. The number of halogens is 2. The molecule has 0 spiro atoms. The van der Waals surface area contributed by atoms with E-state index in [1.165, 1.54) is 13.2 Å². The SMILES string of the molecule is COC(=O)c1c(OCc2cc3c(cc2F)CCO3)nsc1NC(=O)NCCN1CC[C@@H](F)C1. The molecule has 12 heteroatoms. The van der Waals surface area contributed by atoms with Gasteiger partial charge in [-0.05, 0) is 30.1 Å². The number of benzene rings is 1. The van der Waals surface area contributed by atoms with Gasteiger partial charge in [0.15, 0.2) is 5.56 Å². The number of hydrogen-bond acceptors (Lipinski definition) is 8. The van der Waals surface area contributed by atoms with Crippen LogP contribution in [0.4, 0.5) is 18.6 Å².